The molecule has 0 saturated heterocycles. The molecule has 0 aliphatic rings. The Balaban J connectivity index is 1.67. The second-order valence-corrected chi connectivity index (χ2v) is 5.94. The first-order chi connectivity index (χ1) is 12.5. The van der Waals surface area contributed by atoms with Gasteiger partial charge < -0.3 is 15.2 Å². The maximum atomic E-state index is 11.8. The van der Waals surface area contributed by atoms with E-state index in [0.717, 1.165) is 11.3 Å². The maximum absolute atomic E-state index is 11.8. The van der Waals surface area contributed by atoms with Crippen molar-refractivity contribution in [2.24, 2.45) is 0 Å². The molecular weight excluding hydrogens is 336 g/mol. The largest absolute Gasteiger partial charge is 0.494 e. The molecule has 26 heavy (non-hydrogen) atoms. The highest BCUT2D eigenvalue weighted by Crippen LogP contribution is 2.17. The molecule has 0 bridgehead atoms. The minimum atomic E-state index is -0.914. The molecule has 2 rings (SSSR count). The molecule has 2 aromatic rings. The minimum Gasteiger partial charge on any atom is -0.494 e. The summed E-state index contributed by atoms with van der Waals surface area (Å²) in [4.78, 5) is 21.9. The molecule has 7 nitrogen and oxygen atoms in total. The summed E-state index contributed by atoms with van der Waals surface area (Å²) in [5, 5.41) is 23.3. The van der Waals surface area contributed by atoms with E-state index in [4.69, 9.17) is 4.74 Å². The number of hydrogen-bond acceptors (Lipinski definition) is 5. The number of hydrogen-bond donors (Lipinski definition) is 2. The van der Waals surface area contributed by atoms with Gasteiger partial charge in [-0.15, -0.1) is 0 Å². The molecule has 0 aliphatic carbocycles. The topological polar surface area (TPSA) is 102 Å². The molecule has 1 amide bonds. The monoisotopic (exact) mass is 358 g/mol. The SMILES string of the molecule is Cc1cccc(OCCCC(=O)NC[C@H](O)c2ccc([N+](=O)[O-])cc2)c1. The van der Waals surface area contributed by atoms with Gasteiger partial charge >= 0.3 is 0 Å². The molecule has 0 heterocycles. The Bertz CT molecular complexity index is 746. The van der Waals surface area contributed by atoms with E-state index in [1.165, 1.54) is 24.3 Å². The molecule has 7 heteroatoms. The van der Waals surface area contributed by atoms with Crippen molar-refractivity contribution in [1.82, 2.24) is 5.32 Å². The Morgan fingerprint density at radius 3 is 2.65 bits per heavy atom. The molecule has 0 saturated carbocycles. The van der Waals surface area contributed by atoms with Crippen molar-refractivity contribution in [3.8, 4) is 5.75 Å². The van der Waals surface area contributed by atoms with E-state index in [9.17, 15) is 20.0 Å². The van der Waals surface area contributed by atoms with Crippen LogP contribution in [-0.4, -0.2) is 29.1 Å². The average Bonchev–Trinajstić information content (AvgIpc) is 2.63. The van der Waals surface area contributed by atoms with Crippen molar-refractivity contribution in [3.63, 3.8) is 0 Å². The third kappa shape index (κ3) is 6.18. The molecule has 0 radical (unpaired) electrons. The number of nitro groups is 1. The van der Waals surface area contributed by atoms with Crippen molar-refractivity contribution in [2.75, 3.05) is 13.2 Å². The number of ether oxygens (including phenoxy) is 1. The van der Waals surface area contributed by atoms with Crippen LogP contribution in [-0.2, 0) is 4.79 Å². The van der Waals surface area contributed by atoms with E-state index < -0.39 is 11.0 Å². The minimum absolute atomic E-state index is 0.0430. The van der Waals surface area contributed by atoms with E-state index in [2.05, 4.69) is 5.32 Å². The van der Waals surface area contributed by atoms with Crippen LogP contribution in [0.3, 0.4) is 0 Å². The van der Waals surface area contributed by atoms with Gasteiger partial charge in [-0.05, 0) is 48.7 Å². The molecule has 0 aliphatic heterocycles. The number of carbonyl (C=O) groups excluding carboxylic acids is 1. The standard InChI is InChI=1S/C19H22N2O5/c1-14-4-2-5-17(12-14)26-11-3-6-19(23)20-13-18(22)15-7-9-16(10-8-15)21(24)25/h2,4-5,7-10,12,18,22H,3,6,11,13H2,1H3,(H,20,23)/t18-/m0/s1. The lowest BCUT2D eigenvalue weighted by atomic mass is 10.1. The number of non-ortho nitro benzene ring substituents is 1. The van der Waals surface area contributed by atoms with Crippen LogP contribution >= 0.6 is 0 Å². The molecule has 1 atom stereocenters. The number of nitro benzene ring substituents is 1. The number of rotatable bonds is 9. The van der Waals surface area contributed by atoms with Crippen molar-refractivity contribution >= 4 is 11.6 Å². The van der Waals surface area contributed by atoms with Gasteiger partial charge in [0.05, 0.1) is 17.6 Å². The average molecular weight is 358 g/mol. The van der Waals surface area contributed by atoms with Crippen LogP contribution < -0.4 is 10.1 Å². The summed E-state index contributed by atoms with van der Waals surface area (Å²) in [6, 6.07) is 13.3. The van der Waals surface area contributed by atoms with Gasteiger partial charge in [0, 0.05) is 25.1 Å². The van der Waals surface area contributed by atoms with Gasteiger partial charge in [-0.25, -0.2) is 0 Å². The van der Waals surface area contributed by atoms with Gasteiger partial charge in [0.15, 0.2) is 0 Å². The van der Waals surface area contributed by atoms with Crippen molar-refractivity contribution in [1.29, 1.82) is 0 Å². The van der Waals surface area contributed by atoms with Gasteiger partial charge in [-0.3, -0.25) is 14.9 Å². The third-order valence-corrected chi connectivity index (χ3v) is 3.79. The number of aryl methyl sites for hydroxylation is 1. The van der Waals surface area contributed by atoms with Gasteiger partial charge in [-0.2, -0.15) is 0 Å². The lowest BCUT2D eigenvalue weighted by molar-refractivity contribution is -0.384. The molecule has 0 fully saturated rings. The first kappa shape index (κ1) is 19.4. The zero-order valence-electron chi connectivity index (χ0n) is 14.6. The van der Waals surface area contributed by atoms with E-state index >= 15 is 0 Å². The smallest absolute Gasteiger partial charge is 0.269 e. The molecule has 0 aromatic heterocycles. The van der Waals surface area contributed by atoms with Gasteiger partial charge in [0.1, 0.15) is 5.75 Å². The summed E-state index contributed by atoms with van der Waals surface area (Å²) in [5.41, 5.74) is 1.58. The molecule has 2 aromatic carbocycles. The van der Waals surface area contributed by atoms with E-state index in [1.54, 1.807) is 0 Å². The lowest BCUT2D eigenvalue weighted by Crippen LogP contribution is -2.28. The highest BCUT2D eigenvalue weighted by molar-refractivity contribution is 5.75. The number of nitrogens with one attached hydrogen (secondary N) is 1. The highest BCUT2D eigenvalue weighted by atomic mass is 16.6. The Morgan fingerprint density at radius 2 is 2.00 bits per heavy atom. The van der Waals surface area contributed by atoms with Crippen LogP contribution in [0.1, 0.15) is 30.1 Å². The molecular formula is C19H22N2O5. The van der Waals surface area contributed by atoms with Gasteiger partial charge in [-0.1, -0.05) is 12.1 Å². The molecule has 0 spiro atoms. The van der Waals surface area contributed by atoms with Crippen LogP contribution in [0.2, 0.25) is 0 Å². The van der Waals surface area contributed by atoms with Crippen molar-refractivity contribution < 1.29 is 19.6 Å². The van der Waals surface area contributed by atoms with E-state index in [1.807, 2.05) is 31.2 Å². The fourth-order valence-electron chi connectivity index (χ4n) is 2.36. The lowest BCUT2D eigenvalue weighted by Gasteiger charge is -2.12. The second kappa shape index (κ2) is 9.53. The number of nitrogens with zero attached hydrogens (tertiary/aromatic N) is 1. The number of amides is 1. The van der Waals surface area contributed by atoms with Crippen LogP contribution in [0, 0.1) is 17.0 Å². The van der Waals surface area contributed by atoms with Crippen molar-refractivity contribution in [2.45, 2.75) is 25.9 Å². The zero-order valence-corrected chi connectivity index (χ0v) is 14.6. The molecule has 2 N–H and O–H groups in total. The van der Waals surface area contributed by atoms with Crippen LogP contribution in [0.4, 0.5) is 5.69 Å². The summed E-state index contributed by atoms with van der Waals surface area (Å²) in [6.45, 7) is 2.47. The van der Waals surface area contributed by atoms with Gasteiger partial charge in [0.25, 0.3) is 5.69 Å². The quantitative estimate of drug-likeness (QED) is 0.408. The first-order valence-electron chi connectivity index (χ1n) is 8.34. The fraction of sp³-hybridized carbons (Fsp3) is 0.316. The van der Waals surface area contributed by atoms with Crippen LogP contribution in [0.15, 0.2) is 48.5 Å². The highest BCUT2D eigenvalue weighted by Gasteiger charge is 2.12. The summed E-state index contributed by atoms with van der Waals surface area (Å²) < 4.78 is 5.58. The Labute approximate surface area is 151 Å². The molecule has 0 unspecified atom stereocenters. The Morgan fingerprint density at radius 1 is 1.27 bits per heavy atom. The third-order valence-electron chi connectivity index (χ3n) is 3.79. The summed E-state index contributed by atoms with van der Waals surface area (Å²) in [6.07, 6.45) is -0.0602. The first-order valence-corrected chi connectivity index (χ1v) is 8.34. The predicted molar refractivity (Wildman–Crippen MR) is 97.0 cm³/mol. The number of benzene rings is 2. The number of aliphatic hydroxyl groups excluding tert-OH is 1. The second-order valence-electron chi connectivity index (χ2n) is 5.94. The normalized spacial score (nSPS) is 11.6. The Kier molecular flexibility index (Phi) is 7.11. The predicted octanol–water partition coefficient (Wildman–Crippen LogP) is 2.91. The zero-order chi connectivity index (χ0) is 18.9. The molecule has 138 valence electrons. The van der Waals surface area contributed by atoms with Crippen LogP contribution in [0.25, 0.3) is 0 Å². The summed E-state index contributed by atoms with van der Waals surface area (Å²) in [5.74, 6) is 0.595. The summed E-state index contributed by atoms with van der Waals surface area (Å²) in [7, 11) is 0. The number of aliphatic hydroxyl groups is 1. The van der Waals surface area contributed by atoms with Gasteiger partial charge in [0.2, 0.25) is 5.91 Å². The van der Waals surface area contributed by atoms with E-state index in [-0.39, 0.29) is 18.1 Å². The Hall–Kier alpha value is -2.93. The van der Waals surface area contributed by atoms with E-state index in [0.29, 0.717) is 25.0 Å². The summed E-state index contributed by atoms with van der Waals surface area (Å²) >= 11 is 0. The van der Waals surface area contributed by atoms with Crippen molar-refractivity contribution in [3.05, 3.63) is 69.8 Å². The maximum Gasteiger partial charge on any atom is 0.269 e. The fourth-order valence-corrected chi connectivity index (χ4v) is 2.36. The van der Waals surface area contributed by atoms with Crippen LogP contribution in [0.5, 0.6) is 5.75 Å². The number of carbonyl (C=O) groups is 1.